The molecule has 35 heavy (non-hydrogen) atoms. The second-order valence-corrected chi connectivity index (χ2v) is 10.4. The molecule has 0 aromatic rings. The smallest absolute Gasteiger partial charge is 0.187 e. The van der Waals surface area contributed by atoms with Gasteiger partial charge in [-0.2, -0.15) is 0 Å². The normalized spacial score (nSPS) is 42.9. The Balaban J connectivity index is 1.74. The van der Waals surface area contributed by atoms with Crippen molar-refractivity contribution in [3.8, 4) is 0 Å². The van der Waals surface area contributed by atoms with E-state index in [1.165, 1.54) is 0 Å². The highest BCUT2D eigenvalue weighted by Gasteiger charge is 2.53. The van der Waals surface area contributed by atoms with Gasteiger partial charge in [0.15, 0.2) is 18.4 Å². The second kappa shape index (κ2) is 11.0. The summed E-state index contributed by atoms with van der Waals surface area (Å²) in [6.07, 6.45) is -4.70. The molecule has 2 aliphatic heterocycles. The fraction of sp³-hybridized carbons (Fsp3) is 0.792. The van der Waals surface area contributed by atoms with E-state index in [0.29, 0.717) is 6.42 Å². The van der Waals surface area contributed by atoms with Crippen molar-refractivity contribution in [3.63, 3.8) is 0 Å². The topological polar surface area (TPSA) is 175 Å². The molecule has 0 spiro atoms. The van der Waals surface area contributed by atoms with Crippen molar-refractivity contribution in [1.82, 2.24) is 0 Å². The van der Waals surface area contributed by atoms with E-state index in [4.69, 9.17) is 18.9 Å². The van der Waals surface area contributed by atoms with Crippen LogP contribution in [0.15, 0.2) is 23.8 Å². The van der Waals surface area contributed by atoms with Crippen molar-refractivity contribution in [2.24, 2.45) is 11.3 Å². The van der Waals surface area contributed by atoms with Gasteiger partial charge in [-0.1, -0.05) is 31.6 Å². The molecule has 6 N–H and O–H groups in total. The Bertz CT molecular complexity index is 811. The molecule has 0 amide bonds. The van der Waals surface area contributed by atoms with E-state index >= 15 is 0 Å². The monoisotopic (exact) mass is 502 g/mol. The molecule has 1 aliphatic carbocycles. The van der Waals surface area contributed by atoms with E-state index < -0.39 is 74.6 Å². The molecule has 2 saturated heterocycles. The van der Waals surface area contributed by atoms with Gasteiger partial charge in [-0.05, 0) is 25.3 Å². The highest BCUT2D eigenvalue weighted by molar-refractivity contribution is 5.92. The zero-order valence-electron chi connectivity index (χ0n) is 20.5. The van der Waals surface area contributed by atoms with Crippen LogP contribution >= 0.6 is 0 Å². The fourth-order valence-electron chi connectivity index (χ4n) is 4.88. The first-order chi connectivity index (χ1) is 16.3. The molecule has 2 fully saturated rings. The van der Waals surface area contributed by atoms with Crippen molar-refractivity contribution >= 4 is 5.78 Å². The number of ketones is 1. The van der Waals surface area contributed by atoms with E-state index in [1.807, 2.05) is 26.8 Å². The third-order valence-electron chi connectivity index (χ3n) is 6.97. The molecule has 11 heteroatoms. The average Bonchev–Trinajstić information content (AvgIpc) is 3.06. The molecule has 0 unspecified atom stereocenters. The Morgan fingerprint density at radius 1 is 1.20 bits per heavy atom. The SMILES string of the molecule is CC1=CC(=O)CC(C)(C)[C@H]1C=C[C@H](C)O[C@@H]1O[C@H](CO)[C@@H](O)[C@H](O)[C@H]1O[C@@H]1OC[C@](O)(CO)[C@H]1O. The number of rotatable bonds is 8. The van der Waals surface area contributed by atoms with E-state index in [1.54, 1.807) is 19.1 Å². The molecular formula is C24H38O11. The van der Waals surface area contributed by atoms with Gasteiger partial charge < -0.3 is 49.6 Å². The third-order valence-corrected chi connectivity index (χ3v) is 6.97. The van der Waals surface area contributed by atoms with E-state index in [9.17, 15) is 35.4 Å². The first kappa shape index (κ1) is 28.3. The van der Waals surface area contributed by atoms with Gasteiger partial charge in [0, 0.05) is 12.3 Å². The van der Waals surface area contributed by atoms with Gasteiger partial charge in [0.1, 0.15) is 36.1 Å². The largest absolute Gasteiger partial charge is 0.394 e. The predicted octanol–water partition coefficient (Wildman–Crippen LogP) is -1.23. The van der Waals surface area contributed by atoms with Gasteiger partial charge in [0.25, 0.3) is 0 Å². The number of ether oxygens (including phenoxy) is 4. The molecule has 0 aromatic heterocycles. The molecule has 0 saturated carbocycles. The second-order valence-electron chi connectivity index (χ2n) is 10.4. The lowest BCUT2D eigenvalue weighted by Gasteiger charge is -2.43. The maximum absolute atomic E-state index is 11.9. The van der Waals surface area contributed by atoms with Crippen LogP contribution in [0.1, 0.15) is 34.1 Å². The highest BCUT2D eigenvalue weighted by Crippen LogP contribution is 2.40. The Labute approximate surface area is 204 Å². The fourth-order valence-corrected chi connectivity index (χ4v) is 4.88. The number of hydrogen-bond donors (Lipinski definition) is 6. The number of aliphatic hydroxyl groups is 6. The van der Waals surface area contributed by atoms with Crippen LogP contribution in [0.5, 0.6) is 0 Å². The van der Waals surface area contributed by atoms with Gasteiger partial charge in [0.05, 0.1) is 25.9 Å². The summed E-state index contributed by atoms with van der Waals surface area (Å²) in [5.41, 5.74) is -1.28. The number of allylic oxidation sites excluding steroid dienone is 3. The molecule has 3 aliphatic rings. The minimum atomic E-state index is -1.94. The van der Waals surface area contributed by atoms with Crippen LogP contribution in [0, 0.1) is 11.3 Å². The molecule has 2 heterocycles. The van der Waals surface area contributed by atoms with Crippen LogP contribution < -0.4 is 0 Å². The molecule has 3 rings (SSSR count). The highest BCUT2D eigenvalue weighted by atomic mass is 16.8. The number of carbonyl (C=O) groups is 1. The summed E-state index contributed by atoms with van der Waals surface area (Å²) < 4.78 is 22.5. The minimum Gasteiger partial charge on any atom is -0.394 e. The van der Waals surface area contributed by atoms with Crippen LogP contribution in [-0.4, -0.2) is 111 Å². The molecular weight excluding hydrogens is 464 g/mol. The summed E-state index contributed by atoms with van der Waals surface area (Å²) in [5, 5.41) is 60.4. The molecule has 0 bridgehead atoms. The Hall–Kier alpha value is -1.25. The minimum absolute atomic E-state index is 0.00127. The van der Waals surface area contributed by atoms with Gasteiger partial charge in [-0.25, -0.2) is 0 Å². The van der Waals surface area contributed by atoms with Crippen molar-refractivity contribution in [3.05, 3.63) is 23.8 Å². The predicted molar refractivity (Wildman–Crippen MR) is 121 cm³/mol. The summed E-state index contributed by atoms with van der Waals surface area (Å²) in [4.78, 5) is 11.9. The lowest BCUT2D eigenvalue weighted by Crippen LogP contribution is -2.61. The summed E-state index contributed by atoms with van der Waals surface area (Å²) in [5.74, 6) is 0.0884. The van der Waals surface area contributed by atoms with Gasteiger partial charge in [0.2, 0.25) is 0 Å². The number of carbonyl (C=O) groups excluding carboxylic acids is 1. The zero-order chi connectivity index (χ0) is 26.1. The van der Waals surface area contributed by atoms with E-state index in [0.717, 1.165) is 5.57 Å². The first-order valence-corrected chi connectivity index (χ1v) is 11.8. The van der Waals surface area contributed by atoms with Gasteiger partial charge >= 0.3 is 0 Å². The van der Waals surface area contributed by atoms with Crippen molar-refractivity contribution in [1.29, 1.82) is 0 Å². The van der Waals surface area contributed by atoms with Crippen LogP contribution in [0.2, 0.25) is 0 Å². The van der Waals surface area contributed by atoms with Crippen molar-refractivity contribution in [2.45, 2.75) is 88.9 Å². The van der Waals surface area contributed by atoms with Crippen LogP contribution in [-0.2, 0) is 23.7 Å². The zero-order valence-corrected chi connectivity index (χ0v) is 20.5. The molecule has 11 nitrogen and oxygen atoms in total. The average molecular weight is 503 g/mol. The van der Waals surface area contributed by atoms with Crippen molar-refractivity contribution < 1.29 is 54.4 Å². The Kier molecular flexibility index (Phi) is 8.91. The first-order valence-electron chi connectivity index (χ1n) is 11.8. The number of hydrogen-bond acceptors (Lipinski definition) is 11. The summed E-state index contributed by atoms with van der Waals surface area (Å²) in [6, 6.07) is 0. The van der Waals surface area contributed by atoms with Crippen LogP contribution in [0.4, 0.5) is 0 Å². The molecule has 0 aromatic carbocycles. The summed E-state index contributed by atoms with van der Waals surface area (Å²) in [6.45, 7) is 5.89. The molecule has 10 atom stereocenters. The Morgan fingerprint density at radius 3 is 2.46 bits per heavy atom. The maximum atomic E-state index is 11.9. The molecule has 200 valence electrons. The Morgan fingerprint density at radius 2 is 1.89 bits per heavy atom. The lowest BCUT2D eigenvalue weighted by atomic mass is 9.68. The standard InChI is InChI=1S/C24H38O11/c1-12-7-14(27)8-23(3,4)15(12)6-5-13(2)33-21-19(18(29)17(28)16(9-25)34-21)35-22-20(30)24(31,10-26)11-32-22/h5-7,13,15-22,25-26,28-31H,8-11H2,1-4H3/t13-,15-,16+,17+,18-,19+,20-,21+,22-,24+/m0/s1. The van der Waals surface area contributed by atoms with Gasteiger partial charge in [-0.15, -0.1) is 0 Å². The lowest BCUT2D eigenvalue weighted by molar-refractivity contribution is -0.339. The molecule has 0 radical (unpaired) electrons. The van der Waals surface area contributed by atoms with Crippen LogP contribution in [0.3, 0.4) is 0 Å². The third kappa shape index (κ3) is 6.02. The van der Waals surface area contributed by atoms with E-state index in [-0.39, 0.29) is 17.1 Å². The quantitative estimate of drug-likeness (QED) is 0.219. The summed E-state index contributed by atoms with van der Waals surface area (Å²) in [7, 11) is 0. The number of aliphatic hydroxyl groups excluding tert-OH is 5. The van der Waals surface area contributed by atoms with Crippen molar-refractivity contribution in [2.75, 3.05) is 19.8 Å². The maximum Gasteiger partial charge on any atom is 0.187 e. The van der Waals surface area contributed by atoms with E-state index in [2.05, 4.69) is 0 Å². The van der Waals surface area contributed by atoms with Gasteiger partial charge in [-0.3, -0.25) is 4.79 Å². The summed E-state index contributed by atoms with van der Waals surface area (Å²) >= 11 is 0. The van der Waals surface area contributed by atoms with Crippen LogP contribution in [0.25, 0.3) is 0 Å².